The third kappa shape index (κ3) is 7.30. The lowest BCUT2D eigenvalue weighted by atomic mass is 10.3. The number of rotatable bonds is 9. The Kier molecular flexibility index (Phi) is 8.70. The second kappa shape index (κ2) is 9.75. The van der Waals surface area contributed by atoms with Crippen molar-refractivity contribution in [2.45, 2.75) is 26.4 Å². The maximum atomic E-state index is 5.87. The Morgan fingerprint density at radius 2 is 2.11 bits per heavy atom. The summed E-state index contributed by atoms with van der Waals surface area (Å²) in [5.41, 5.74) is 0. The zero-order chi connectivity index (χ0) is 14.1. The molecule has 0 saturated heterocycles. The first-order chi connectivity index (χ1) is 9.13. The molecule has 5 heteroatoms. The van der Waals surface area contributed by atoms with Crippen molar-refractivity contribution in [2.24, 2.45) is 0 Å². The van der Waals surface area contributed by atoms with Crippen LogP contribution in [0.4, 0.5) is 0 Å². The molecule has 0 heterocycles. The Hall–Kier alpha value is -0.100. The molecule has 3 nitrogen and oxygen atoms in total. The van der Waals surface area contributed by atoms with Gasteiger partial charge in [0.1, 0.15) is 11.9 Å². The highest BCUT2D eigenvalue weighted by atomic mass is 79.9. The van der Waals surface area contributed by atoms with Gasteiger partial charge >= 0.3 is 0 Å². The normalized spacial score (nSPS) is 12.4. The first-order valence-electron chi connectivity index (χ1n) is 6.53. The Balaban J connectivity index is 2.21. The number of halogens is 2. The molecule has 1 aromatic carbocycles. The second-order valence-corrected chi connectivity index (χ2v) is 6.03. The highest BCUT2D eigenvalue weighted by Gasteiger charge is 2.07. The molecule has 0 aliphatic carbocycles. The van der Waals surface area contributed by atoms with Crippen LogP contribution in [-0.4, -0.2) is 32.4 Å². The van der Waals surface area contributed by atoms with E-state index in [1.165, 1.54) is 0 Å². The van der Waals surface area contributed by atoms with Gasteiger partial charge in [-0.15, -0.1) is 0 Å². The van der Waals surface area contributed by atoms with E-state index in [2.05, 4.69) is 44.1 Å². The van der Waals surface area contributed by atoms with Gasteiger partial charge in [0.2, 0.25) is 0 Å². The summed E-state index contributed by atoms with van der Waals surface area (Å²) in [4.78, 5) is 0. The predicted octanol–water partition coefficient (Wildman–Crippen LogP) is 4.00. The third-order valence-electron chi connectivity index (χ3n) is 2.50. The van der Waals surface area contributed by atoms with E-state index in [9.17, 15) is 0 Å². The predicted molar refractivity (Wildman–Crippen MR) is 85.9 cm³/mol. The van der Waals surface area contributed by atoms with Crippen molar-refractivity contribution >= 4 is 31.9 Å². The largest absolute Gasteiger partial charge is 0.488 e. The van der Waals surface area contributed by atoms with E-state index < -0.39 is 0 Å². The maximum Gasteiger partial charge on any atom is 0.134 e. The van der Waals surface area contributed by atoms with Crippen molar-refractivity contribution in [2.75, 3.05) is 26.3 Å². The molecule has 0 spiro atoms. The van der Waals surface area contributed by atoms with Gasteiger partial charge in [-0.3, -0.25) is 0 Å². The lowest BCUT2D eigenvalue weighted by Gasteiger charge is -2.16. The molecule has 1 atom stereocenters. The molecule has 0 bridgehead atoms. The van der Waals surface area contributed by atoms with E-state index in [1.54, 1.807) is 0 Å². The van der Waals surface area contributed by atoms with Gasteiger partial charge in [0.05, 0.1) is 4.47 Å². The van der Waals surface area contributed by atoms with Crippen LogP contribution in [0.25, 0.3) is 0 Å². The Morgan fingerprint density at radius 3 is 2.79 bits per heavy atom. The van der Waals surface area contributed by atoms with Crippen LogP contribution >= 0.6 is 31.9 Å². The van der Waals surface area contributed by atoms with Crippen LogP contribution in [0, 0.1) is 0 Å². The van der Waals surface area contributed by atoms with Gasteiger partial charge in [-0.25, -0.2) is 0 Å². The van der Waals surface area contributed by atoms with Crippen LogP contribution in [0.3, 0.4) is 0 Å². The summed E-state index contributed by atoms with van der Waals surface area (Å²) >= 11 is 6.92. The quantitative estimate of drug-likeness (QED) is 0.642. The summed E-state index contributed by atoms with van der Waals surface area (Å²) in [6.45, 7) is 7.46. The van der Waals surface area contributed by atoms with Crippen molar-refractivity contribution in [1.29, 1.82) is 0 Å². The molecule has 0 amide bonds. The van der Waals surface area contributed by atoms with Crippen LogP contribution in [0.15, 0.2) is 27.1 Å². The van der Waals surface area contributed by atoms with Crippen LogP contribution in [-0.2, 0) is 4.74 Å². The number of hydrogen-bond donors (Lipinski definition) is 1. The molecule has 108 valence electrons. The first kappa shape index (κ1) is 17.0. The summed E-state index contributed by atoms with van der Waals surface area (Å²) in [6, 6.07) is 5.92. The molecule has 0 fully saturated rings. The molecular weight excluding hydrogens is 374 g/mol. The SMILES string of the molecule is CCOCCCNCC(C)Oc1ccc(Br)cc1Br. The summed E-state index contributed by atoms with van der Waals surface area (Å²) in [5, 5.41) is 3.37. The molecule has 0 radical (unpaired) electrons. The Morgan fingerprint density at radius 1 is 1.32 bits per heavy atom. The first-order valence-corrected chi connectivity index (χ1v) is 8.12. The van der Waals surface area contributed by atoms with Crippen LogP contribution < -0.4 is 10.1 Å². The minimum absolute atomic E-state index is 0.129. The minimum Gasteiger partial charge on any atom is -0.488 e. The lowest BCUT2D eigenvalue weighted by molar-refractivity contribution is 0.143. The lowest BCUT2D eigenvalue weighted by Crippen LogP contribution is -2.30. The fraction of sp³-hybridized carbons (Fsp3) is 0.571. The highest BCUT2D eigenvalue weighted by molar-refractivity contribution is 9.11. The molecule has 0 saturated carbocycles. The summed E-state index contributed by atoms with van der Waals surface area (Å²) < 4.78 is 13.1. The van der Waals surface area contributed by atoms with Gasteiger partial charge in [0.15, 0.2) is 0 Å². The smallest absolute Gasteiger partial charge is 0.134 e. The van der Waals surface area contributed by atoms with E-state index in [4.69, 9.17) is 9.47 Å². The molecule has 1 rings (SSSR count). The summed E-state index contributed by atoms with van der Waals surface area (Å²) in [6.07, 6.45) is 1.16. The van der Waals surface area contributed by atoms with E-state index in [0.29, 0.717) is 0 Å². The Labute approximate surface area is 132 Å². The van der Waals surface area contributed by atoms with Crippen molar-refractivity contribution in [1.82, 2.24) is 5.32 Å². The van der Waals surface area contributed by atoms with Gasteiger partial charge in [-0.1, -0.05) is 15.9 Å². The van der Waals surface area contributed by atoms with E-state index in [-0.39, 0.29) is 6.10 Å². The molecule has 1 aromatic rings. The van der Waals surface area contributed by atoms with Gasteiger partial charge in [-0.05, 0) is 60.9 Å². The molecular formula is C14H21Br2NO2. The van der Waals surface area contributed by atoms with Gasteiger partial charge in [0.25, 0.3) is 0 Å². The van der Waals surface area contributed by atoms with Crippen molar-refractivity contribution in [3.8, 4) is 5.75 Å². The van der Waals surface area contributed by atoms with Crippen molar-refractivity contribution < 1.29 is 9.47 Å². The van der Waals surface area contributed by atoms with Crippen molar-refractivity contribution in [3.63, 3.8) is 0 Å². The molecule has 0 aliphatic rings. The average Bonchev–Trinajstić information content (AvgIpc) is 2.37. The molecule has 19 heavy (non-hydrogen) atoms. The maximum absolute atomic E-state index is 5.87. The molecule has 1 N–H and O–H groups in total. The van der Waals surface area contributed by atoms with Crippen LogP contribution in [0.2, 0.25) is 0 Å². The van der Waals surface area contributed by atoms with E-state index in [0.717, 1.165) is 47.4 Å². The fourth-order valence-electron chi connectivity index (χ4n) is 1.58. The summed E-state index contributed by atoms with van der Waals surface area (Å²) in [7, 11) is 0. The standard InChI is InChI=1S/C14H21Br2NO2/c1-3-18-8-4-7-17-10-11(2)19-14-6-5-12(15)9-13(14)16/h5-6,9,11,17H,3-4,7-8,10H2,1-2H3. The number of ether oxygens (including phenoxy) is 2. The third-order valence-corrected chi connectivity index (χ3v) is 3.61. The summed E-state index contributed by atoms with van der Waals surface area (Å²) in [5.74, 6) is 0.867. The van der Waals surface area contributed by atoms with Crippen LogP contribution in [0.1, 0.15) is 20.3 Å². The zero-order valence-corrected chi connectivity index (χ0v) is 14.6. The number of nitrogens with one attached hydrogen (secondary N) is 1. The monoisotopic (exact) mass is 393 g/mol. The Bertz CT molecular complexity index is 374. The average molecular weight is 395 g/mol. The number of benzene rings is 1. The van der Waals surface area contributed by atoms with E-state index >= 15 is 0 Å². The minimum atomic E-state index is 0.129. The van der Waals surface area contributed by atoms with Gasteiger partial charge in [-0.2, -0.15) is 0 Å². The van der Waals surface area contributed by atoms with Crippen LogP contribution in [0.5, 0.6) is 5.75 Å². The molecule has 0 aromatic heterocycles. The number of hydrogen-bond acceptors (Lipinski definition) is 3. The van der Waals surface area contributed by atoms with Gasteiger partial charge in [0, 0.05) is 24.2 Å². The molecule has 0 aliphatic heterocycles. The van der Waals surface area contributed by atoms with E-state index in [1.807, 2.05) is 25.1 Å². The molecule has 1 unspecified atom stereocenters. The second-order valence-electron chi connectivity index (χ2n) is 4.26. The fourth-order valence-corrected chi connectivity index (χ4v) is 2.72. The van der Waals surface area contributed by atoms with Gasteiger partial charge < -0.3 is 14.8 Å². The zero-order valence-electron chi connectivity index (χ0n) is 11.4. The highest BCUT2D eigenvalue weighted by Crippen LogP contribution is 2.28. The topological polar surface area (TPSA) is 30.5 Å². The van der Waals surface area contributed by atoms with Crippen molar-refractivity contribution in [3.05, 3.63) is 27.1 Å².